The van der Waals surface area contributed by atoms with E-state index in [1.165, 1.54) is 26.0 Å². The van der Waals surface area contributed by atoms with Gasteiger partial charge < -0.3 is 20.8 Å². The van der Waals surface area contributed by atoms with Gasteiger partial charge in [-0.15, -0.1) is 0 Å². The van der Waals surface area contributed by atoms with Crippen molar-refractivity contribution < 1.29 is 90.1 Å². The molecule has 3 heterocycles. The summed E-state index contributed by atoms with van der Waals surface area (Å²) < 4.78 is 199. The number of benzene rings is 2. The van der Waals surface area contributed by atoms with Crippen LogP contribution >= 0.6 is 11.6 Å². The number of urea groups is 1. The number of carbonyl (C=O) groups is 4. The second kappa shape index (κ2) is 20.1. The summed E-state index contributed by atoms with van der Waals surface area (Å²) in [4.78, 5) is 56.0. The fourth-order valence-electron chi connectivity index (χ4n) is 8.96. The highest BCUT2D eigenvalue weighted by Gasteiger charge is 2.68. The summed E-state index contributed by atoms with van der Waals surface area (Å²) in [5, 5.41) is 28.9. The standard InChI is InChI=1S/C45H43ClF10N8O10S2/c1-42(2,75(3,71)72)12-11-23-5-6-24(25-7-8-28(46)34-36(25)63(19-43(49,50)51)61-39(34)64(76(4,73)74)41(70)59-29(40(68)69)9-10-32(66)67)35(57-23)30(15-20-13-21(47)16-22(48)14-20)58-31(65)18-62-38-33(37(60-62)45(54,55)56)26-17-27(26)44(38,52)53/h5-8,13-14,16,26-27,29-30H,9-12,15,17-19H2,1-4H3,(H,58,65)(H,59,70)(H,66,67)(H,68,69)/t26-,27?,29-,30-/m0/s1. The molecule has 3 amide bonds. The van der Waals surface area contributed by atoms with Gasteiger partial charge in [-0.2, -0.15) is 49.6 Å². The van der Waals surface area contributed by atoms with Crippen molar-refractivity contribution in [3.05, 3.63) is 93.0 Å². The minimum Gasteiger partial charge on any atom is -0.481 e. The number of rotatable bonds is 19. The number of sulfonamides is 1. The smallest absolute Gasteiger partial charge is 0.435 e. The molecule has 0 saturated heterocycles. The van der Waals surface area contributed by atoms with Gasteiger partial charge in [0, 0.05) is 47.0 Å². The molecule has 2 aromatic carbocycles. The second-order valence-electron chi connectivity index (χ2n) is 18.9. The summed E-state index contributed by atoms with van der Waals surface area (Å²) in [7, 11) is -8.86. The number of carbonyl (C=O) groups excluding carboxylic acids is 2. The molecule has 1 saturated carbocycles. The summed E-state index contributed by atoms with van der Waals surface area (Å²) in [6.07, 6.45) is -12.2. The Bertz CT molecular complexity index is 3400. The molecule has 7 rings (SSSR count). The minimum absolute atomic E-state index is 0.00997. The molecule has 0 radical (unpaired) electrons. The summed E-state index contributed by atoms with van der Waals surface area (Å²) in [5.74, 6) is -14.9. The molecule has 2 aliphatic rings. The van der Waals surface area contributed by atoms with Crippen LogP contribution < -0.4 is 14.9 Å². The number of hydrogen-bond acceptors (Lipinski definition) is 11. The Labute approximate surface area is 429 Å². The van der Waals surface area contributed by atoms with E-state index in [1.807, 2.05) is 5.32 Å². The lowest BCUT2D eigenvalue weighted by Gasteiger charge is -2.25. The summed E-state index contributed by atoms with van der Waals surface area (Å²) in [6, 6.07) is 0.736. The second-order valence-corrected chi connectivity index (χ2v) is 23.8. The van der Waals surface area contributed by atoms with Gasteiger partial charge in [-0.3, -0.25) is 23.9 Å². The molecule has 18 nitrogen and oxygen atoms in total. The first-order chi connectivity index (χ1) is 34.9. The van der Waals surface area contributed by atoms with Gasteiger partial charge in [0.15, 0.2) is 21.3 Å². The average molecular weight is 1150 g/mol. The Morgan fingerprint density at radius 2 is 1.54 bits per heavy atom. The first kappa shape index (κ1) is 57.2. The van der Waals surface area contributed by atoms with E-state index >= 15 is 8.78 Å². The third-order valence-corrected chi connectivity index (χ3v) is 16.4. The van der Waals surface area contributed by atoms with E-state index in [0.717, 1.165) is 30.5 Å². The zero-order chi connectivity index (χ0) is 56.6. The quantitative estimate of drug-likeness (QED) is 0.0580. The number of hydrogen-bond donors (Lipinski definition) is 4. The fourth-order valence-corrected chi connectivity index (χ4v) is 10.5. The number of amides is 3. The van der Waals surface area contributed by atoms with Crippen molar-refractivity contribution in [1.29, 1.82) is 0 Å². The van der Waals surface area contributed by atoms with Gasteiger partial charge in [0.2, 0.25) is 15.9 Å². The minimum atomic E-state index is -5.25. The lowest BCUT2D eigenvalue weighted by molar-refractivity contribution is -0.143. The Kier molecular flexibility index (Phi) is 15.1. The molecule has 412 valence electrons. The van der Waals surface area contributed by atoms with Crippen LogP contribution in [-0.2, 0) is 72.3 Å². The molecule has 2 aliphatic carbocycles. The highest BCUT2D eigenvalue weighted by Crippen LogP contribution is 2.68. The average Bonchev–Trinajstić information content (AvgIpc) is 3.78. The summed E-state index contributed by atoms with van der Waals surface area (Å²) in [6.45, 7) is -0.667. The number of pyridine rings is 1. The Morgan fingerprint density at radius 1 is 0.908 bits per heavy atom. The molecule has 0 bridgehead atoms. The van der Waals surface area contributed by atoms with Crippen molar-refractivity contribution >= 4 is 72.1 Å². The molecule has 0 spiro atoms. The molecule has 76 heavy (non-hydrogen) atoms. The van der Waals surface area contributed by atoms with Gasteiger partial charge in [-0.05, 0) is 81.7 Å². The number of anilines is 1. The van der Waals surface area contributed by atoms with Gasteiger partial charge in [-0.1, -0.05) is 23.7 Å². The maximum absolute atomic E-state index is 15.6. The predicted octanol–water partition coefficient (Wildman–Crippen LogP) is 7.67. The third kappa shape index (κ3) is 11.9. The van der Waals surface area contributed by atoms with Crippen molar-refractivity contribution in [2.45, 2.75) is 106 Å². The van der Waals surface area contributed by atoms with Crippen LogP contribution in [-0.4, -0.2) is 105 Å². The molecular weight excluding hydrogens is 1100 g/mol. The van der Waals surface area contributed by atoms with Crippen molar-refractivity contribution in [1.82, 2.24) is 35.2 Å². The number of carboxylic acids is 2. The Balaban J connectivity index is 1.46. The van der Waals surface area contributed by atoms with Crippen LogP contribution in [0.15, 0.2) is 42.5 Å². The number of aryl methyl sites for hydroxylation is 1. The number of halogens is 11. The number of aromatic nitrogens is 5. The highest BCUT2D eigenvalue weighted by molar-refractivity contribution is 7.93. The Hall–Kier alpha value is -6.56. The van der Waals surface area contributed by atoms with E-state index in [4.69, 9.17) is 16.7 Å². The monoisotopic (exact) mass is 1140 g/mol. The van der Waals surface area contributed by atoms with Crippen LogP contribution in [0.2, 0.25) is 5.02 Å². The molecule has 4 atom stereocenters. The molecule has 5 aromatic rings. The number of nitrogens with one attached hydrogen (secondary N) is 2. The molecule has 4 N–H and O–H groups in total. The van der Waals surface area contributed by atoms with E-state index in [1.54, 1.807) is 0 Å². The number of fused-ring (bicyclic) bond motifs is 4. The lowest BCUT2D eigenvalue weighted by atomic mass is 9.93. The summed E-state index contributed by atoms with van der Waals surface area (Å²) in [5.41, 5.74) is -5.89. The van der Waals surface area contributed by atoms with Gasteiger partial charge >= 0.3 is 30.3 Å². The molecule has 3 aromatic heterocycles. The zero-order valence-electron chi connectivity index (χ0n) is 39.8. The van der Waals surface area contributed by atoms with Gasteiger partial charge in [0.05, 0.1) is 38.7 Å². The summed E-state index contributed by atoms with van der Waals surface area (Å²) >= 11 is 6.61. The molecular formula is C45H43ClF10N8O10S2. The first-order valence-corrected chi connectivity index (χ1v) is 26.5. The SMILES string of the molecule is CC(C)(CCc1ccc(-c2ccc(Cl)c3c(N(C(=O)N[C@@H](CCC(=O)O)C(=O)O)S(C)(=O)=O)nn(CC(F)(F)F)c23)c([C@H](Cc2cc(F)cc(F)c2)NC(=O)Cn2nc(C(F)(F)F)c3c2C(F)(F)C2C[C@H]32)n1)S(C)(=O)=O. The van der Waals surface area contributed by atoms with Crippen LogP contribution in [0.4, 0.5) is 54.5 Å². The van der Waals surface area contributed by atoms with Gasteiger partial charge in [0.1, 0.15) is 36.5 Å². The van der Waals surface area contributed by atoms with Crippen LogP contribution in [0.1, 0.15) is 85.4 Å². The van der Waals surface area contributed by atoms with Crippen LogP contribution in [0.3, 0.4) is 0 Å². The first-order valence-electron chi connectivity index (χ1n) is 22.4. The fraction of sp³-hybridized carbons (Fsp3) is 0.444. The van der Waals surface area contributed by atoms with Gasteiger partial charge in [0.25, 0.3) is 5.92 Å². The van der Waals surface area contributed by atoms with Crippen LogP contribution in [0, 0.1) is 17.6 Å². The topological polar surface area (TPSA) is 253 Å². The predicted molar refractivity (Wildman–Crippen MR) is 248 cm³/mol. The molecule has 0 aliphatic heterocycles. The maximum Gasteiger partial charge on any atom is 0.435 e. The third-order valence-electron chi connectivity index (χ3n) is 12.9. The highest BCUT2D eigenvalue weighted by atomic mass is 35.5. The van der Waals surface area contributed by atoms with Crippen molar-refractivity contribution in [2.75, 3.05) is 16.8 Å². The normalized spacial score (nSPS) is 17.2. The number of aliphatic carboxylic acids is 2. The van der Waals surface area contributed by atoms with Crippen molar-refractivity contribution in [3.63, 3.8) is 0 Å². The molecule has 31 heteroatoms. The Morgan fingerprint density at radius 3 is 2.11 bits per heavy atom. The molecule has 1 fully saturated rings. The van der Waals surface area contributed by atoms with Gasteiger partial charge in [-0.25, -0.2) is 35.2 Å². The van der Waals surface area contributed by atoms with Crippen LogP contribution in [0.5, 0.6) is 0 Å². The van der Waals surface area contributed by atoms with Crippen LogP contribution in [0.25, 0.3) is 22.0 Å². The number of nitrogens with zero attached hydrogens (tertiary/aromatic N) is 6. The van der Waals surface area contributed by atoms with E-state index in [-0.39, 0.29) is 49.8 Å². The maximum atomic E-state index is 15.6. The molecule has 1 unspecified atom stereocenters. The van der Waals surface area contributed by atoms with E-state index in [9.17, 15) is 76.2 Å². The van der Waals surface area contributed by atoms with Crippen molar-refractivity contribution in [2.24, 2.45) is 5.92 Å². The number of carboxylic acid groups (broad SMARTS) is 2. The van der Waals surface area contributed by atoms with E-state index in [2.05, 4.69) is 20.5 Å². The number of sulfone groups is 1. The number of alkyl halides is 8. The van der Waals surface area contributed by atoms with E-state index < -0.39 is 185 Å². The van der Waals surface area contributed by atoms with E-state index in [0.29, 0.717) is 12.3 Å². The largest absolute Gasteiger partial charge is 0.481 e. The lowest BCUT2D eigenvalue weighted by Crippen LogP contribution is -2.50. The van der Waals surface area contributed by atoms with Crippen molar-refractivity contribution in [3.8, 4) is 11.1 Å². The zero-order valence-corrected chi connectivity index (χ0v) is 42.2.